The zero-order chi connectivity index (χ0) is 56.9. The Balaban J connectivity index is 4.76. The zero-order valence-electron chi connectivity index (χ0n) is 50.1. The van der Waals surface area contributed by atoms with Gasteiger partial charge in [0.1, 0.15) is 12.7 Å². The highest BCUT2D eigenvalue weighted by Gasteiger charge is 2.28. The number of rotatable bonds is 59. The maximum atomic E-state index is 12.9. The van der Waals surface area contributed by atoms with Crippen molar-refractivity contribution >= 4 is 25.7 Å². The van der Waals surface area contributed by atoms with Crippen LogP contribution in [0.4, 0.5) is 0 Å². The Kier molecular flexibility index (Phi) is 57.7. The van der Waals surface area contributed by atoms with Crippen LogP contribution in [0.1, 0.15) is 290 Å². The lowest BCUT2D eigenvalue weighted by Gasteiger charge is -2.21. The number of aliphatic hydroxyl groups excluding tert-OH is 1. The lowest BCUT2D eigenvalue weighted by molar-refractivity contribution is -0.161. The molecule has 0 aromatic heterocycles. The lowest BCUT2D eigenvalue weighted by atomic mass is 10.0. The molecule has 0 aliphatic rings. The minimum absolute atomic E-state index is 0.127. The molecule has 11 nitrogen and oxygen atoms in total. The minimum atomic E-state index is -4.76. The van der Waals surface area contributed by atoms with E-state index in [0.29, 0.717) is 19.3 Å². The van der Waals surface area contributed by atoms with Gasteiger partial charge in [-0.2, -0.15) is 0 Å². The van der Waals surface area contributed by atoms with Crippen LogP contribution in [0.3, 0.4) is 0 Å². The number of hydrogen-bond acceptors (Lipinski definition) is 10. The Morgan fingerprint density at radius 1 is 0.372 bits per heavy atom. The van der Waals surface area contributed by atoms with Gasteiger partial charge in [0.2, 0.25) is 0 Å². The van der Waals surface area contributed by atoms with E-state index >= 15 is 0 Å². The maximum absolute atomic E-state index is 12.9. The van der Waals surface area contributed by atoms with Crippen LogP contribution in [0.2, 0.25) is 0 Å². The van der Waals surface area contributed by atoms with E-state index in [1.54, 1.807) is 0 Å². The summed E-state index contributed by atoms with van der Waals surface area (Å²) in [5, 5.41) is 9.84. The van der Waals surface area contributed by atoms with E-state index in [2.05, 4.69) is 93.7 Å². The molecular formula is C66H117O11P. The van der Waals surface area contributed by atoms with Crippen LogP contribution in [-0.4, -0.2) is 66.5 Å². The van der Waals surface area contributed by atoms with Gasteiger partial charge in [-0.15, -0.1) is 0 Å². The fraction of sp³-hybridized carbons (Fsp3) is 0.773. The molecule has 3 unspecified atom stereocenters. The summed E-state index contributed by atoms with van der Waals surface area (Å²) in [5.41, 5.74) is 0. The van der Waals surface area contributed by atoms with E-state index in [4.69, 9.17) is 23.3 Å². The lowest BCUT2D eigenvalue weighted by Crippen LogP contribution is -2.30. The zero-order valence-corrected chi connectivity index (χ0v) is 51.0. The second-order valence-electron chi connectivity index (χ2n) is 21.2. The van der Waals surface area contributed by atoms with Gasteiger partial charge in [-0.05, 0) is 89.9 Å². The quantitative estimate of drug-likeness (QED) is 0.0197. The monoisotopic (exact) mass is 1120 g/mol. The highest BCUT2D eigenvalue weighted by molar-refractivity contribution is 7.47. The summed E-state index contributed by atoms with van der Waals surface area (Å²) in [6, 6.07) is 0. The highest BCUT2D eigenvalue weighted by atomic mass is 31.2. The van der Waals surface area contributed by atoms with Crippen molar-refractivity contribution in [3.8, 4) is 0 Å². The fourth-order valence-corrected chi connectivity index (χ4v) is 9.57. The molecule has 0 aromatic rings. The Morgan fingerprint density at radius 2 is 0.667 bits per heavy atom. The third-order valence-electron chi connectivity index (χ3n) is 13.6. The summed E-state index contributed by atoms with van der Waals surface area (Å²) >= 11 is 0. The van der Waals surface area contributed by atoms with E-state index in [1.807, 2.05) is 0 Å². The Morgan fingerprint density at radius 3 is 1.05 bits per heavy atom. The van der Waals surface area contributed by atoms with Gasteiger partial charge in [0.25, 0.3) is 0 Å². The first-order chi connectivity index (χ1) is 38.2. The van der Waals surface area contributed by atoms with Gasteiger partial charge < -0.3 is 24.2 Å². The van der Waals surface area contributed by atoms with Crippen molar-refractivity contribution in [1.29, 1.82) is 0 Å². The SMILES string of the molecule is CC/C=C\C/C=C\C/C=C\C/C=C\C/C=C\CCCCCC(=O)OC(COC(=O)CCCCCCCCC/C=C\CCCCCCCC)COP(=O)(O)OCC(CO)OC(=O)CCCCCCCCCCCCCCCCC. The molecule has 3 atom stereocenters. The third kappa shape index (κ3) is 57.6. The van der Waals surface area contributed by atoms with Crippen molar-refractivity contribution in [3.05, 3.63) is 72.9 Å². The molecule has 2 N–H and O–H groups in total. The van der Waals surface area contributed by atoms with Crippen LogP contribution in [0.15, 0.2) is 72.9 Å². The molecule has 0 aliphatic heterocycles. The average molecular weight is 1120 g/mol. The molecule has 12 heteroatoms. The normalized spacial score (nSPS) is 13.8. The number of esters is 3. The third-order valence-corrected chi connectivity index (χ3v) is 14.6. The topological polar surface area (TPSA) is 155 Å². The van der Waals surface area contributed by atoms with Gasteiger partial charge in [0.15, 0.2) is 6.10 Å². The van der Waals surface area contributed by atoms with Gasteiger partial charge in [0.05, 0.1) is 19.8 Å². The molecular weight excluding hydrogens is 1000 g/mol. The summed E-state index contributed by atoms with van der Waals surface area (Å²) in [6.07, 6.45) is 68.5. The summed E-state index contributed by atoms with van der Waals surface area (Å²) in [7, 11) is -4.76. The van der Waals surface area contributed by atoms with Crippen molar-refractivity contribution in [2.24, 2.45) is 0 Å². The standard InChI is InChI=1S/C66H117O11P/c1-4-7-10-13-16-19-22-25-28-30-31-33-36-39-42-45-48-51-54-57-66(70)77-63(59-73-64(68)55-52-49-46-43-40-37-35-32-29-26-23-20-17-14-11-8-5-2)61-75-78(71,72)74-60-62(58-67)76-65(69)56-53-50-47-44-41-38-34-27-24-21-18-15-12-9-6-3/h7,10,16,19,25-26,28-29,31,33,39,42,62-63,67H,4-6,8-9,11-15,17-18,20-24,27,30,32,34-38,40-41,43-61H2,1-3H3,(H,71,72)/b10-7-,19-16-,28-25-,29-26-,33-31-,42-39-. The number of unbranched alkanes of at least 4 members (excludes halogenated alkanes) is 30. The van der Waals surface area contributed by atoms with Crippen LogP contribution in [0.5, 0.6) is 0 Å². The van der Waals surface area contributed by atoms with Crippen molar-refractivity contribution in [2.45, 2.75) is 303 Å². The van der Waals surface area contributed by atoms with Crippen LogP contribution in [-0.2, 0) is 42.2 Å². The predicted molar refractivity (Wildman–Crippen MR) is 325 cm³/mol. The van der Waals surface area contributed by atoms with Gasteiger partial charge >= 0.3 is 25.7 Å². The van der Waals surface area contributed by atoms with E-state index in [9.17, 15) is 28.9 Å². The summed E-state index contributed by atoms with van der Waals surface area (Å²) in [6.45, 7) is 4.53. The number of carbonyl (C=O) groups is 3. The maximum Gasteiger partial charge on any atom is 0.472 e. The van der Waals surface area contributed by atoms with Crippen LogP contribution < -0.4 is 0 Å². The first-order valence-corrected chi connectivity index (χ1v) is 33.3. The van der Waals surface area contributed by atoms with Gasteiger partial charge in [-0.1, -0.05) is 254 Å². The molecule has 0 saturated carbocycles. The van der Waals surface area contributed by atoms with E-state index < -0.39 is 57.8 Å². The molecule has 0 bridgehead atoms. The van der Waals surface area contributed by atoms with E-state index in [0.717, 1.165) is 96.3 Å². The highest BCUT2D eigenvalue weighted by Crippen LogP contribution is 2.43. The largest absolute Gasteiger partial charge is 0.472 e. The number of aliphatic hydroxyl groups is 1. The number of phosphoric ester groups is 1. The van der Waals surface area contributed by atoms with Crippen LogP contribution in [0.25, 0.3) is 0 Å². The first kappa shape index (κ1) is 74.9. The molecule has 78 heavy (non-hydrogen) atoms. The molecule has 0 rings (SSSR count). The van der Waals surface area contributed by atoms with Crippen molar-refractivity contribution in [3.63, 3.8) is 0 Å². The molecule has 0 heterocycles. The molecule has 0 aromatic carbocycles. The van der Waals surface area contributed by atoms with Crippen molar-refractivity contribution < 1.29 is 52.2 Å². The Labute approximate surface area is 478 Å². The number of hydrogen-bond donors (Lipinski definition) is 2. The van der Waals surface area contributed by atoms with Gasteiger partial charge in [0, 0.05) is 19.3 Å². The fourth-order valence-electron chi connectivity index (χ4n) is 8.79. The Bertz CT molecular complexity index is 1590. The smallest absolute Gasteiger partial charge is 0.462 e. The number of ether oxygens (including phenoxy) is 3. The molecule has 0 amide bonds. The first-order valence-electron chi connectivity index (χ1n) is 31.8. The van der Waals surface area contributed by atoms with Gasteiger partial charge in [-0.25, -0.2) is 4.57 Å². The molecule has 0 spiro atoms. The summed E-state index contributed by atoms with van der Waals surface area (Å²) in [5.74, 6) is -1.50. The number of allylic oxidation sites excluding steroid dienone is 12. The number of phosphoric acid groups is 1. The summed E-state index contributed by atoms with van der Waals surface area (Å²) in [4.78, 5) is 48.7. The molecule has 0 radical (unpaired) electrons. The Hall–Kier alpha value is -3.08. The second kappa shape index (κ2) is 60.0. The molecule has 0 fully saturated rings. The van der Waals surface area contributed by atoms with Crippen molar-refractivity contribution in [1.82, 2.24) is 0 Å². The molecule has 0 aliphatic carbocycles. The van der Waals surface area contributed by atoms with Gasteiger partial charge in [-0.3, -0.25) is 23.4 Å². The van der Waals surface area contributed by atoms with Crippen molar-refractivity contribution in [2.75, 3.05) is 26.4 Å². The van der Waals surface area contributed by atoms with E-state index in [1.165, 1.54) is 135 Å². The minimum Gasteiger partial charge on any atom is -0.462 e. The summed E-state index contributed by atoms with van der Waals surface area (Å²) < 4.78 is 39.6. The predicted octanol–water partition coefficient (Wildman–Crippen LogP) is 19.3. The number of carbonyl (C=O) groups excluding carboxylic acids is 3. The van der Waals surface area contributed by atoms with Crippen LogP contribution in [0, 0.1) is 0 Å². The van der Waals surface area contributed by atoms with E-state index in [-0.39, 0.29) is 25.9 Å². The molecule has 0 saturated heterocycles. The van der Waals surface area contributed by atoms with Crippen LogP contribution >= 0.6 is 7.82 Å². The average Bonchev–Trinajstić information content (AvgIpc) is 3.43. The molecule has 452 valence electrons. The second-order valence-corrected chi connectivity index (χ2v) is 22.7.